The summed E-state index contributed by atoms with van der Waals surface area (Å²) in [7, 11) is -0.937. The first-order valence-corrected chi connectivity index (χ1v) is 11.5. The molecule has 2 saturated heterocycles. The van der Waals surface area contributed by atoms with Crippen LogP contribution in [0.5, 0.6) is 0 Å². The second-order valence-electron chi connectivity index (χ2n) is 8.15. The summed E-state index contributed by atoms with van der Waals surface area (Å²) in [6.07, 6.45) is -0.348. The van der Waals surface area contributed by atoms with Crippen LogP contribution in [0, 0.1) is 0 Å². The molecule has 2 aliphatic heterocycles. The Balaban J connectivity index is 1.67. The summed E-state index contributed by atoms with van der Waals surface area (Å²) >= 11 is 0. The fraction of sp³-hybridized carbons (Fsp3) is 0.722. The minimum Gasteiger partial charge on any atom is -0.384 e. The van der Waals surface area contributed by atoms with Gasteiger partial charge in [0.05, 0.1) is 18.8 Å². The van der Waals surface area contributed by atoms with Crippen LogP contribution < -0.4 is 17.0 Å². The third-order valence-electron chi connectivity index (χ3n) is 5.73. The molecule has 0 radical (unpaired) electrons. The Bertz CT molecular complexity index is 1060. The molecule has 3 rings (SSSR count). The molecule has 0 aliphatic carbocycles. The van der Waals surface area contributed by atoms with Gasteiger partial charge in [0.25, 0.3) is 15.8 Å². The number of ketones is 1. The first-order valence-electron chi connectivity index (χ1n) is 10.1. The van der Waals surface area contributed by atoms with Gasteiger partial charge in [0.2, 0.25) is 0 Å². The highest BCUT2D eigenvalue weighted by atomic mass is 32.2. The molecule has 1 aromatic rings. The van der Waals surface area contributed by atoms with E-state index in [0.29, 0.717) is 26.2 Å². The molecule has 0 saturated carbocycles. The first kappa shape index (κ1) is 23.6. The van der Waals surface area contributed by atoms with Crippen molar-refractivity contribution in [3.05, 3.63) is 26.4 Å². The van der Waals surface area contributed by atoms with Gasteiger partial charge >= 0.3 is 5.69 Å². The molecule has 0 bridgehead atoms. The number of nitrogens with zero attached hydrogens (tertiary/aromatic N) is 5. The standard InChI is InChI=1S/C18H30N6O6S/c1-12-9-24(10-13(2)30-12)31(28,29)23-7-5-22(6-8-23)11-14(25)15-16(19)20(3)18(27)21(4)17(15)26/h12-13H,5-11,19H2,1-4H3. The molecule has 2 atom stereocenters. The molecule has 3 heterocycles. The Kier molecular flexibility index (Phi) is 6.72. The van der Waals surface area contributed by atoms with E-state index in [1.165, 1.54) is 22.7 Å². The van der Waals surface area contributed by atoms with E-state index in [1.54, 1.807) is 4.90 Å². The van der Waals surface area contributed by atoms with Gasteiger partial charge < -0.3 is 10.5 Å². The van der Waals surface area contributed by atoms with Crippen LogP contribution in [0.2, 0.25) is 0 Å². The number of carbonyl (C=O) groups excluding carboxylic acids is 1. The predicted molar refractivity (Wildman–Crippen MR) is 114 cm³/mol. The molecule has 31 heavy (non-hydrogen) atoms. The lowest BCUT2D eigenvalue weighted by molar-refractivity contribution is -0.0457. The number of hydrogen-bond donors (Lipinski definition) is 1. The number of morpholine rings is 1. The molecule has 0 amide bonds. The van der Waals surface area contributed by atoms with Crippen LogP contribution in [0.25, 0.3) is 0 Å². The van der Waals surface area contributed by atoms with E-state index >= 15 is 0 Å². The Morgan fingerprint density at radius 1 is 1.00 bits per heavy atom. The van der Waals surface area contributed by atoms with Crippen molar-refractivity contribution >= 4 is 21.8 Å². The molecule has 174 valence electrons. The fourth-order valence-corrected chi connectivity index (χ4v) is 5.75. The minimum atomic E-state index is -3.62. The van der Waals surface area contributed by atoms with Gasteiger partial charge in [-0.05, 0) is 13.8 Å². The monoisotopic (exact) mass is 458 g/mol. The maximum absolute atomic E-state index is 13.0. The summed E-state index contributed by atoms with van der Waals surface area (Å²) in [6.45, 7) is 5.36. The Morgan fingerprint density at radius 2 is 1.55 bits per heavy atom. The average molecular weight is 459 g/mol. The number of hydrogen-bond acceptors (Lipinski definition) is 8. The van der Waals surface area contributed by atoms with Gasteiger partial charge in [-0.3, -0.25) is 23.6 Å². The van der Waals surface area contributed by atoms with Crippen molar-refractivity contribution in [1.29, 1.82) is 0 Å². The highest BCUT2D eigenvalue weighted by Crippen LogP contribution is 2.19. The number of carbonyl (C=O) groups is 1. The average Bonchev–Trinajstić information content (AvgIpc) is 2.70. The van der Waals surface area contributed by atoms with E-state index in [4.69, 9.17) is 10.5 Å². The third-order valence-corrected chi connectivity index (χ3v) is 7.69. The first-order chi connectivity index (χ1) is 14.4. The smallest absolute Gasteiger partial charge is 0.332 e. The number of ether oxygens (including phenoxy) is 1. The van der Waals surface area contributed by atoms with Gasteiger partial charge in [0, 0.05) is 53.4 Å². The summed E-state index contributed by atoms with van der Waals surface area (Å²) in [6, 6.07) is 0. The van der Waals surface area contributed by atoms with Crippen molar-refractivity contribution in [3.8, 4) is 0 Å². The lowest BCUT2D eigenvalue weighted by Crippen LogP contribution is -2.57. The maximum Gasteiger partial charge on any atom is 0.332 e. The fourth-order valence-electron chi connectivity index (χ4n) is 4.00. The summed E-state index contributed by atoms with van der Waals surface area (Å²) < 4.78 is 36.4. The van der Waals surface area contributed by atoms with Gasteiger partial charge in [-0.1, -0.05) is 0 Å². The molecule has 0 aromatic carbocycles. The number of Topliss-reactive ketones (excluding diaryl/α,β-unsaturated/α-hetero) is 1. The number of aromatic nitrogens is 2. The van der Waals surface area contributed by atoms with Crippen molar-refractivity contribution in [3.63, 3.8) is 0 Å². The van der Waals surface area contributed by atoms with E-state index in [-0.39, 0.29) is 43.2 Å². The quantitative estimate of drug-likeness (QED) is 0.491. The molecule has 12 nitrogen and oxygen atoms in total. The van der Waals surface area contributed by atoms with Crippen LogP contribution in [0.4, 0.5) is 5.82 Å². The number of piperazine rings is 1. The van der Waals surface area contributed by atoms with E-state index in [2.05, 4.69) is 0 Å². The summed E-state index contributed by atoms with van der Waals surface area (Å²) in [5.74, 6) is -0.671. The maximum atomic E-state index is 13.0. The zero-order valence-electron chi connectivity index (χ0n) is 18.3. The Morgan fingerprint density at radius 3 is 2.10 bits per heavy atom. The van der Waals surface area contributed by atoms with Gasteiger partial charge in [0.1, 0.15) is 11.4 Å². The number of nitrogens with two attached hydrogens (primary N) is 1. The number of anilines is 1. The normalized spacial score (nSPS) is 24.4. The van der Waals surface area contributed by atoms with Crippen LogP contribution in [0.1, 0.15) is 24.2 Å². The van der Waals surface area contributed by atoms with Crippen LogP contribution in [-0.2, 0) is 29.0 Å². The minimum absolute atomic E-state index is 0.0862. The molecule has 1 aromatic heterocycles. The zero-order valence-corrected chi connectivity index (χ0v) is 19.1. The second kappa shape index (κ2) is 8.82. The molecule has 2 N–H and O–H groups in total. The van der Waals surface area contributed by atoms with Gasteiger partial charge in [-0.2, -0.15) is 17.0 Å². The van der Waals surface area contributed by atoms with Crippen molar-refractivity contribution in [2.45, 2.75) is 26.1 Å². The van der Waals surface area contributed by atoms with Crippen LogP contribution in [-0.4, -0.2) is 94.9 Å². The summed E-state index contributed by atoms with van der Waals surface area (Å²) in [5.41, 5.74) is 4.28. The van der Waals surface area contributed by atoms with Crippen LogP contribution in [0.15, 0.2) is 9.59 Å². The third kappa shape index (κ3) is 4.60. The van der Waals surface area contributed by atoms with Crippen LogP contribution >= 0.6 is 0 Å². The Hall–Kier alpha value is -2.06. The van der Waals surface area contributed by atoms with E-state index in [0.717, 1.165) is 9.13 Å². The van der Waals surface area contributed by atoms with Gasteiger partial charge in [0.15, 0.2) is 5.78 Å². The Labute approximate surface area is 181 Å². The highest BCUT2D eigenvalue weighted by molar-refractivity contribution is 7.86. The van der Waals surface area contributed by atoms with Crippen molar-refractivity contribution in [2.24, 2.45) is 14.1 Å². The molecule has 0 spiro atoms. The molecule has 2 unspecified atom stereocenters. The SMILES string of the molecule is CC1CN(S(=O)(=O)N2CCN(CC(=O)c3c(N)n(C)c(=O)n(C)c3=O)CC2)CC(C)O1. The van der Waals surface area contributed by atoms with Gasteiger partial charge in [-0.25, -0.2) is 4.79 Å². The second-order valence-corrected chi connectivity index (χ2v) is 10.1. The molecule has 2 aliphatic rings. The number of nitrogen functional groups attached to an aromatic ring is 1. The topological polar surface area (TPSA) is 140 Å². The number of rotatable bonds is 5. The largest absolute Gasteiger partial charge is 0.384 e. The molecular formula is C18H30N6O6S. The van der Waals surface area contributed by atoms with E-state index in [9.17, 15) is 22.8 Å². The zero-order chi connectivity index (χ0) is 23.1. The van der Waals surface area contributed by atoms with Crippen molar-refractivity contribution in [2.75, 3.05) is 51.5 Å². The summed E-state index contributed by atoms with van der Waals surface area (Å²) in [4.78, 5) is 38.9. The van der Waals surface area contributed by atoms with Crippen molar-refractivity contribution in [1.82, 2.24) is 22.6 Å². The van der Waals surface area contributed by atoms with Crippen molar-refractivity contribution < 1.29 is 17.9 Å². The molecular weight excluding hydrogens is 428 g/mol. The molecule has 13 heteroatoms. The molecule has 2 fully saturated rings. The summed E-state index contributed by atoms with van der Waals surface area (Å²) in [5, 5.41) is 0. The lowest BCUT2D eigenvalue weighted by atomic mass is 10.1. The highest BCUT2D eigenvalue weighted by Gasteiger charge is 2.37. The van der Waals surface area contributed by atoms with Gasteiger partial charge in [-0.15, -0.1) is 0 Å². The van der Waals surface area contributed by atoms with Crippen LogP contribution in [0.3, 0.4) is 0 Å². The predicted octanol–water partition coefficient (Wildman–Crippen LogP) is -2.18. The van der Waals surface area contributed by atoms with E-state index in [1.807, 2.05) is 13.8 Å². The van der Waals surface area contributed by atoms with E-state index < -0.39 is 27.2 Å². The lowest BCUT2D eigenvalue weighted by Gasteiger charge is -2.40.